The van der Waals surface area contributed by atoms with Crippen molar-refractivity contribution in [3.05, 3.63) is 65.4 Å². The zero-order valence-corrected chi connectivity index (χ0v) is 15.7. The number of aromatic nitrogens is 1. The molecule has 1 amide bonds. The molecule has 0 saturated carbocycles. The van der Waals surface area contributed by atoms with Gasteiger partial charge in [-0.05, 0) is 47.4 Å². The second-order valence-corrected chi connectivity index (χ2v) is 7.78. The summed E-state index contributed by atoms with van der Waals surface area (Å²) in [5.74, 6) is -1.21. The first kappa shape index (κ1) is 18.5. The van der Waals surface area contributed by atoms with Crippen molar-refractivity contribution in [2.24, 2.45) is 5.73 Å². The smallest absolute Gasteiger partial charge is 0.228 e. The molecule has 0 fully saturated rings. The van der Waals surface area contributed by atoms with Crippen LogP contribution in [-0.4, -0.2) is 23.5 Å². The molecule has 0 unspecified atom stereocenters. The number of hydrogen-bond acceptors (Lipinski definition) is 5. The topological polar surface area (TPSA) is 80.0 Å². The minimum atomic E-state index is -0.606. The number of nitrogens with zero attached hydrogens (tertiary/aromatic N) is 1. The zero-order chi connectivity index (χ0) is 19.7. The predicted octanol–water partition coefficient (Wildman–Crippen LogP) is 3.56. The van der Waals surface area contributed by atoms with E-state index in [1.54, 1.807) is 6.20 Å². The number of hydrogen-bond donors (Lipinski definition) is 3. The minimum absolute atomic E-state index is 0.00553. The molecule has 2 aromatic carbocycles. The van der Waals surface area contributed by atoms with Crippen LogP contribution < -0.4 is 16.4 Å². The normalized spacial score (nSPS) is 13.9. The average molecular weight is 400 g/mol. The first-order valence-electron chi connectivity index (χ1n) is 8.79. The highest BCUT2D eigenvalue weighted by Gasteiger charge is 2.18. The second-order valence-electron chi connectivity index (χ2n) is 6.75. The molecule has 28 heavy (non-hydrogen) atoms. The quantitative estimate of drug-likeness (QED) is 0.591. The van der Waals surface area contributed by atoms with Crippen LogP contribution in [0.15, 0.2) is 42.6 Å². The number of carbonyl (C=O) groups is 1. The summed E-state index contributed by atoms with van der Waals surface area (Å²) < 4.78 is 26.5. The van der Waals surface area contributed by atoms with Gasteiger partial charge in [-0.1, -0.05) is 17.4 Å². The van der Waals surface area contributed by atoms with Gasteiger partial charge in [0, 0.05) is 30.5 Å². The van der Waals surface area contributed by atoms with Crippen molar-refractivity contribution in [3.63, 3.8) is 0 Å². The summed E-state index contributed by atoms with van der Waals surface area (Å²) in [6.07, 6.45) is 2.51. The lowest BCUT2D eigenvalue weighted by Gasteiger charge is -2.12. The Hall–Kier alpha value is -2.84. The summed E-state index contributed by atoms with van der Waals surface area (Å²) in [5.41, 5.74) is 9.44. The SMILES string of the molecule is N[C@H](CNc1ncc(-c2ccc3c(c2)CC(=O)N3)s1)Cc1cc(F)cc(F)c1. The highest BCUT2D eigenvalue weighted by atomic mass is 32.1. The molecule has 4 rings (SSSR count). The lowest BCUT2D eigenvalue weighted by molar-refractivity contribution is -0.115. The maximum absolute atomic E-state index is 13.3. The Kier molecular flexibility index (Phi) is 5.06. The van der Waals surface area contributed by atoms with Gasteiger partial charge in [0.05, 0.1) is 11.3 Å². The standard InChI is InChI=1S/C20H18F2N4OS/c21-14-3-11(4-15(22)8-14)5-16(23)9-24-20-25-10-18(28-20)12-1-2-17-13(6-12)7-19(27)26-17/h1-4,6,8,10,16H,5,7,9,23H2,(H,24,25)(H,26,27)/t16-/m0/s1. The van der Waals surface area contributed by atoms with E-state index in [0.717, 1.165) is 27.8 Å². The number of halogens is 2. The molecule has 8 heteroatoms. The van der Waals surface area contributed by atoms with Crippen LogP contribution in [0.3, 0.4) is 0 Å². The number of fused-ring (bicyclic) bond motifs is 1. The van der Waals surface area contributed by atoms with E-state index in [-0.39, 0.29) is 11.9 Å². The number of nitrogens with two attached hydrogens (primary N) is 1. The van der Waals surface area contributed by atoms with Crippen LogP contribution in [0.2, 0.25) is 0 Å². The largest absolute Gasteiger partial charge is 0.360 e. The van der Waals surface area contributed by atoms with Crippen molar-refractivity contribution < 1.29 is 13.6 Å². The highest BCUT2D eigenvalue weighted by Crippen LogP contribution is 2.33. The Labute approximate surface area is 164 Å². The van der Waals surface area contributed by atoms with E-state index in [4.69, 9.17) is 5.73 Å². The maximum atomic E-state index is 13.3. The van der Waals surface area contributed by atoms with Crippen LogP contribution in [0, 0.1) is 11.6 Å². The van der Waals surface area contributed by atoms with Crippen LogP contribution in [-0.2, 0) is 17.6 Å². The third-order valence-electron chi connectivity index (χ3n) is 4.46. The lowest BCUT2D eigenvalue weighted by Crippen LogP contribution is -2.31. The van der Waals surface area contributed by atoms with Gasteiger partial charge >= 0.3 is 0 Å². The minimum Gasteiger partial charge on any atom is -0.360 e. The van der Waals surface area contributed by atoms with Crippen molar-refractivity contribution in [2.45, 2.75) is 18.9 Å². The fourth-order valence-corrected chi connectivity index (χ4v) is 4.01. The molecule has 0 aliphatic carbocycles. The Morgan fingerprint density at radius 1 is 1.21 bits per heavy atom. The van der Waals surface area contributed by atoms with Gasteiger partial charge in [-0.15, -0.1) is 0 Å². The van der Waals surface area contributed by atoms with Gasteiger partial charge in [0.1, 0.15) is 11.6 Å². The van der Waals surface area contributed by atoms with Gasteiger partial charge in [0.15, 0.2) is 5.13 Å². The van der Waals surface area contributed by atoms with Gasteiger partial charge < -0.3 is 16.4 Å². The molecule has 0 spiro atoms. The third-order valence-corrected chi connectivity index (χ3v) is 5.46. The van der Waals surface area contributed by atoms with Crippen molar-refractivity contribution in [2.75, 3.05) is 17.2 Å². The van der Waals surface area contributed by atoms with Crippen molar-refractivity contribution in [3.8, 4) is 10.4 Å². The summed E-state index contributed by atoms with van der Waals surface area (Å²) in [4.78, 5) is 16.8. The molecule has 1 aliphatic heterocycles. The number of amides is 1. The summed E-state index contributed by atoms with van der Waals surface area (Å²) in [5, 5.41) is 6.70. The third kappa shape index (κ3) is 4.18. The Morgan fingerprint density at radius 3 is 2.79 bits per heavy atom. The molecule has 144 valence electrons. The summed E-state index contributed by atoms with van der Waals surface area (Å²) >= 11 is 1.48. The Morgan fingerprint density at radius 2 is 2.00 bits per heavy atom. The Balaban J connectivity index is 1.37. The van der Waals surface area contributed by atoms with E-state index < -0.39 is 11.6 Å². The maximum Gasteiger partial charge on any atom is 0.228 e. The van der Waals surface area contributed by atoms with Gasteiger partial charge in [0.2, 0.25) is 5.91 Å². The van der Waals surface area contributed by atoms with E-state index in [1.165, 1.54) is 23.5 Å². The predicted molar refractivity (Wildman–Crippen MR) is 106 cm³/mol. The summed E-state index contributed by atoms with van der Waals surface area (Å²) in [6.45, 7) is 0.424. The average Bonchev–Trinajstić information content (AvgIpc) is 3.23. The van der Waals surface area contributed by atoms with Gasteiger partial charge in [0.25, 0.3) is 0 Å². The fourth-order valence-electron chi connectivity index (χ4n) is 3.19. The molecule has 2 heterocycles. The highest BCUT2D eigenvalue weighted by molar-refractivity contribution is 7.18. The zero-order valence-electron chi connectivity index (χ0n) is 14.8. The van der Waals surface area contributed by atoms with E-state index in [0.29, 0.717) is 30.1 Å². The number of benzene rings is 2. The van der Waals surface area contributed by atoms with Gasteiger partial charge in [-0.3, -0.25) is 4.79 Å². The monoisotopic (exact) mass is 400 g/mol. The Bertz CT molecular complexity index is 1020. The van der Waals surface area contributed by atoms with E-state index in [1.807, 2.05) is 18.2 Å². The van der Waals surface area contributed by atoms with Crippen LogP contribution in [0.5, 0.6) is 0 Å². The van der Waals surface area contributed by atoms with Gasteiger partial charge in [-0.2, -0.15) is 0 Å². The summed E-state index contributed by atoms with van der Waals surface area (Å²) in [6, 6.07) is 8.95. The summed E-state index contributed by atoms with van der Waals surface area (Å²) in [7, 11) is 0. The van der Waals surface area contributed by atoms with E-state index >= 15 is 0 Å². The molecule has 3 aromatic rings. The molecule has 0 saturated heterocycles. The molecule has 4 N–H and O–H groups in total. The number of carbonyl (C=O) groups excluding carboxylic acids is 1. The molecule has 1 aliphatic rings. The first-order chi connectivity index (χ1) is 13.5. The van der Waals surface area contributed by atoms with E-state index in [9.17, 15) is 13.6 Å². The lowest BCUT2D eigenvalue weighted by atomic mass is 10.1. The van der Waals surface area contributed by atoms with E-state index in [2.05, 4.69) is 15.6 Å². The van der Waals surface area contributed by atoms with Crippen molar-refractivity contribution >= 4 is 28.1 Å². The molecule has 1 aromatic heterocycles. The first-order valence-corrected chi connectivity index (χ1v) is 9.61. The number of anilines is 2. The molecule has 0 radical (unpaired) electrons. The number of thiazole rings is 1. The van der Waals surface area contributed by atoms with Crippen LogP contribution in [0.25, 0.3) is 10.4 Å². The molecular weight excluding hydrogens is 382 g/mol. The van der Waals surface area contributed by atoms with Crippen LogP contribution >= 0.6 is 11.3 Å². The molecular formula is C20H18F2N4OS. The molecule has 1 atom stereocenters. The van der Waals surface area contributed by atoms with Crippen LogP contribution in [0.4, 0.5) is 19.6 Å². The van der Waals surface area contributed by atoms with Gasteiger partial charge in [-0.25, -0.2) is 13.8 Å². The number of nitrogens with one attached hydrogen (secondary N) is 2. The van der Waals surface area contributed by atoms with Crippen molar-refractivity contribution in [1.29, 1.82) is 0 Å². The fraction of sp³-hybridized carbons (Fsp3) is 0.200. The number of rotatable bonds is 6. The molecule has 0 bridgehead atoms. The second kappa shape index (κ2) is 7.65. The van der Waals surface area contributed by atoms with Crippen molar-refractivity contribution in [1.82, 2.24) is 4.98 Å². The molecule has 5 nitrogen and oxygen atoms in total. The van der Waals surface area contributed by atoms with Crippen LogP contribution in [0.1, 0.15) is 11.1 Å².